The van der Waals surface area contributed by atoms with Crippen molar-refractivity contribution in [2.24, 2.45) is 5.92 Å². The van der Waals surface area contributed by atoms with Crippen molar-refractivity contribution in [3.05, 3.63) is 52.8 Å². The first-order valence-electron chi connectivity index (χ1n) is 8.97. The number of carbonyl (C=O) groups is 2. The molecule has 138 valence electrons. The van der Waals surface area contributed by atoms with E-state index in [4.69, 9.17) is 9.47 Å². The molecule has 1 aliphatic heterocycles. The minimum absolute atomic E-state index is 0.171. The van der Waals surface area contributed by atoms with Gasteiger partial charge in [0.05, 0.1) is 5.92 Å². The van der Waals surface area contributed by atoms with Gasteiger partial charge in [0, 0.05) is 23.0 Å². The summed E-state index contributed by atoms with van der Waals surface area (Å²) < 4.78 is 13.0. The molecule has 26 heavy (non-hydrogen) atoms. The topological polar surface area (TPSA) is 57.5 Å². The van der Waals surface area contributed by atoms with Crippen molar-refractivity contribution in [1.82, 2.24) is 4.57 Å². The van der Waals surface area contributed by atoms with Crippen LogP contribution in [0.1, 0.15) is 47.2 Å². The number of hydrogen-bond donors (Lipinski definition) is 0. The number of hydrogen-bond acceptors (Lipinski definition) is 4. The van der Waals surface area contributed by atoms with E-state index in [0.29, 0.717) is 12.0 Å². The molecule has 0 aliphatic carbocycles. The molecule has 0 bridgehead atoms. The van der Waals surface area contributed by atoms with E-state index in [1.54, 1.807) is 0 Å². The Balaban J connectivity index is 1.62. The molecule has 0 spiro atoms. The van der Waals surface area contributed by atoms with Crippen LogP contribution in [0.2, 0.25) is 0 Å². The lowest BCUT2D eigenvalue weighted by Gasteiger charge is -2.23. The lowest BCUT2D eigenvalue weighted by Crippen LogP contribution is -2.31. The number of rotatable bonds is 5. The molecule has 0 saturated carbocycles. The summed E-state index contributed by atoms with van der Waals surface area (Å²) in [4.78, 5) is 24.9. The van der Waals surface area contributed by atoms with Gasteiger partial charge in [-0.15, -0.1) is 0 Å². The summed E-state index contributed by atoms with van der Waals surface area (Å²) in [6, 6.07) is 9.81. The smallest absolute Gasteiger partial charge is 0.313 e. The van der Waals surface area contributed by atoms with Crippen LogP contribution < -0.4 is 4.74 Å². The minimum atomic E-state index is -0.384. The summed E-state index contributed by atoms with van der Waals surface area (Å²) in [5, 5.41) is 0. The predicted molar refractivity (Wildman–Crippen MR) is 98.7 cm³/mol. The quantitative estimate of drug-likeness (QED) is 0.607. The van der Waals surface area contributed by atoms with Crippen molar-refractivity contribution in [1.29, 1.82) is 0 Å². The second-order valence-corrected chi connectivity index (χ2v) is 7.10. The molecule has 1 aromatic carbocycles. The number of ketones is 1. The lowest BCUT2D eigenvalue weighted by atomic mass is 9.97. The zero-order valence-electron chi connectivity index (χ0n) is 15.7. The van der Waals surface area contributed by atoms with E-state index >= 15 is 0 Å². The third-order valence-corrected chi connectivity index (χ3v) is 4.86. The maximum atomic E-state index is 12.5. The SMILES string of the molecule is Cc1cc(C(=O)COC(=O)C2COc3ccccc3C2)c(C)n1C(C)C. The van der Waals surface area contributed by atoms with Gasteiger partial charge in [0.2, 0.25) is 5.78 Å². The Morgan fingerprint density at radius 2 is 2.00 bits per heavy atom. The predicted octanol–water partition coefficient (Wildman–Crippen LogP) is 3.66. The van der Waals surface area contributed by atoms with Gasteiger partial charge in [0.1, 0.15) is 12.4 Å². The Kier molecular flexibility index (Phi) is 5.16. The fourth-order valence-electron chi connectivity index (χ4n) is 3.67. The van der Waals surface area contributed by atoms with Gasteiger partial charge >= 0.3 is 5.97 Å². The third kappa shape index (κ3) is 3.52. The summed E-state index contributed by atoms with van der Waals surface area (Å²) in [6.07, 6.45) is 0.574. The van der Waals surface area contributed by atoms with Crippen molar-refractivity contribution in [2.75, 3.05) is 13.2 Å². The van der Waals surface area contributed by atoms with E-state index in [0.717, 1.165) is 22.7 Å². The van der Waals surface area contributed by atoms with Gasteiger partial charge in [0.25, 0.3) is 0 Å². The largest absolute Gasteiger partial charge is 0.492 e. The van der Waals surface area contributed by atoms with Crippen LogP contribution in [0.15, 0.2) is 30.3 Å². The van der Waals surface area contributed by atoms with Crippen LogP contribution in [-0.4, -0.2) is 29.5 Å². The second kappa shape index (κ2) is 7.36. The van der Waals surface area contributed by atoms with Gasteiger partial charge in [-0.1, -0.05) is 18.2 Å². The van der Waals surface area contributed by atoms with Crippen molar-refractivity contribution in [3.63, 3.8) is 0 Å². The zero-order valence-corrected chi connectivity index (χ0v) is 15.7. The average molecular weight is 355 g/mol. The first-order chi connectivity index (χ1) is 12.4. The van der Waals surface area contributed by atoms with E-state index in [1.165, 1.54) is 0 Å². The number of aromatic nitrogens is 1. The Morgan fingerprint density at radius 1 is 1.27 bits per heavy atom. The van der Waals surface area contributed by atoms with Gasteiger partial charge in [-0.05, 0) is 51.8 Å². The first kappa shape index (κ1) is 18.2. The maximum absolute atomic E-state index is 12.5. The molecule has 0 radical (unpaired) electrons. The number of benzene rings is 1. The summed E-state index contributed by atoms with van der Waals surface area (Å²) in [7, 11) is 0. The molecule has 2 heterocycles. The summed E-state index contributed by atoms with van der Waals surface area (Å²) in [5.41, 5.74) is 3.56. The van der Waals surface area contributed by atoms with Crippen molar-refractivity contribution in [2.45, 2.75) is 40.2 Å². The highest BCUT2D eigenvalue weighted by atomic mass is 16.5. The first-order valence-corrected chi connectivity index (χ1v) is 8.97. The molecule has 2 aromatic rings. The highest BCUT2D eigenvalue weighted by molar-refractivity contribution is 5.99. The molecule has 5 nitrogen and oxygen atoms in total. The normalized spacial score (nSPS) is 16.1. The zero-order chi connectivity index (χ0) is 18.8. The Bertz CT molecular complexity index is 835. The Labute approximate surface area is 153 Å². The highest BCUT2D eigenvalue weighted by Gasteiger charge is 2.28. The van der Waals surface area contributed by atoms with E-state index in [9.17, 15) is 9.59 Å². The van der Waals surface area contributed by atoms with Crippen molar-refractivity contribution in [3.8, 4) is 5.75 Å². The average Bonchev–Trinajstić information content (AvgIpc) is 2.93. The van der Waals surface area contributed by atoms with Gasteiger partial charge in [-0.3, -0.25) is 9.59 Å². The molecule has 0 saturated heterocycles. The summed E-state index contributed by atoms with van der Waals surface area (Å²) in [5.74, 6) is -0.115. The van der Waals surface area contributed by atoms with Gasteiger partial charge in [-0.25, -0.2) is 0 Å². The van der Waals surface area contributed by atoms with Crippen LogP contribution in [0.25, 0.3) is 0 Å². The standard InChI is InChI=1S/C21H25NO4/c1-13(2)22-14(3)9-18(15(22)4)19(23)12-26-21(24)17-10-16-7-5-6-8-20(16)25-11-17/h5-9,13,17H,10-12H2,1-4H3. The van der Waals surface area contributed by atoms with Crippen LogP contribution >= 0.6 is 0 Å². The molecule has 0 amide bonds. The van der Waals surface area contributed by atoms with Crippen LogP contribution in [0, 0.1) is 19.8 Å². The van der Waals surface area contributed by atoms with Crippen LogP contribution in [0.4, 0.5) is 0 Å². The van der Waals surface area contributed by atoms with Gasteiger partial charge < -0.3 is 14.0 Å². The van der Waals surface area contributed by atoms with Crippen LogP contribution in [0.3, 0.4) is 0 Å². The molecule has 1 aromatic heterocycles. The molecule has 0 fully saturated rings. The summed E-state index contributed by atoms with van der Waals surface area (Å²) >= 11 is 0. The lowest BCUT2D eigenvalue weighted by molar-refractivity contribution is -0.148. The van der Waals surface area contributed by atoms with Crippen molar-refractivity contribution < 1.29 is 19.1 Å². The number of carbonyl (C=O) groups excluding carboxylic acids is 2. The number of Topliss-reactive ketones (excluding diaryl/α,β-unsaturated/α-hetero) is 1. The molecular formula is C21H25NO4. The molecule has 5 heteroatoms. The minimum Gasteiger partial charge on any atom is -0.492 e. The van der Waals surface area contributed by atoms with E-state index in [-0.39, 0.29) is 36.9 Å². The molecule has 3 rings (SSSR count). The highest BCUT2D eigenvalue weighted by Crippen LogP contribution is 2.27. The molecule has 1 aliphatic rings. The van der Waals surface area contributed by atoms with E-state index < -0.39 is 0 Å². The van der Waals surface area contributed by atoms with Crippen LogP contribution in [0.5, 0.6) is 5.75 Å². The Morgan fingerprint density at radius 3 is 2.69 bits per heavy atom. The van der Waals surface area contributed by atoms with Gasteiger partial charge in [0.15, 0.2) is 6.61 Å². The number of aryl methyl sites for hydroxylation is 1. The third-order valence-electron chi connectivity index (χ3n) is 4.86. The van der Waals surface area contributed by atoms with E-state index in [1.807, 2.05) is 44.2 Å². The number of para-hydroxylation sites is 1. The van der Waals surface area contributed by atoms with Crippen molar-refractivity contribution >= 4 is 11.8 Å². The molecular weight excluding hydrogens is 330 g/mol. The molecule has 1 unspecified atom stereocenters. The number of nitrogens with zero attached hydrogens (tertiary/aromatic N) is 1. The van der Waals surface area contributed by atoms with E-state index in [2.05, 4.69) is 18.4 Å². The fraction of sp³-hybridized carbons (Fsp3) is 0.429. The monoisotopic (exact) mass is 355 g/mol. The number of ether oxygens (including phenoxy) is 2. The maximum Gasteiger partial charge on any atom is 0.313 e. The molecule has 1 atom stereocenters. The van der Waals surface area contributed by atoms with Crippen LogP contribution in [-0.2, 0) is 16.0 Å². The fourth-order valence-corrected chi connectivity index (χ4v) is 3.67. The number of esters is 1. The number of fused-ring (bicyclic) bond motifs is 1. The molecule has 0 N–H and O–H groups in total. The van der Waals surface area contributed by atoms with Gasteiger partial charge in [-0.2, -0.15) is 0 Å². The second-order valence-electron chi connectivity index (χ2n) is 7.10. The Hall–Kier alpha value is -2.56. The summed E-state index contributed by atoms with van der Waals surface area (Å²) in [6.45, 7) is 8.11.